The van der Waals surface area contributed by atoms with E-state index in [1.807, 2.05) is 6.07 Å². The van der Waals surface area contributed by atoms with E-state index in [2.05, 4.69) is 18.7 Å². The number of carbonyl (C=O) groups excluding carboxylic acids is 1. The quantitative estimate of drug-likeness (QED) is 0.782. The molecule has 2 fully saturated rings. The lowest BCUT2D eigenvalue weighted by Crippen LogP contribution is -2.55. The molecule has 2 atom stereocenters. The second-order valence-corrected chi connectivity index (χ2v) is 10.3. The summed E-state index contributed by atoms with van der Waals surface area (Å²) in [7, 11) is -1.52. The molecule has 0 spiro atoms. The highest BCUT2D eigenvalue weighted by molar-refractivity contribution is 7.92. The Morgan fingerprint density at radius 3 is 2.67 bits per heavy atom. The number of nitrogens with zero attached hydrogens (tertiary/aromatic N) is 2. The Kier molecular flexibility index (Phi) is 6.11. The molecule has 2 aliphatic heterocycles. The molecule has 2 saturated heterocycles. The standard InChI is InChI=1S/C20H30N2O4S/c1-15(2)14-22-11-12-27(24,25)19-8-10-21(9-7-18(19)22)20(23)16-5-4-6-17(13-16)26-3/h4-6,13,15,18-19H,7-12,14H2,1-3H3/t18-,19+/m0/s1. The summed E-state index contributed by atoms with van der Waals surface area (Å²) in [5.74, 6) is 1.31. The van der Waals surface area contributed by atoms with E-state index in [0.29, 0.717) is 49.7 Å². The molecular formula is C20H30N2O4S. The molecule has 2 aliphatic rings. The second-order valence-electron chi connectivity index (χ2n) is 7.96. The van der Waals surface area contributed by atoms with Crippen molar-refractivity contribution in [3.05, 3.63) is 29.8 Å². The van der Waals surface area contributed by atoms with Crippen molar-refractivity contribution >= 4 is 15.7 Å². The Morgan fingerprint density at radius 2 is 1.96 bits per heavy atom. The normalized spacial score (nSPS) is 25.7. The summed E-state index contributed by atoms with van der Waals surface area (Å²) in [6.45, 7) is 6.89. The van der Waals surface area contributed by atoms with Crippen molar-refractivity contribution in [1.82, 2.24) is 9.80 Å². The average molecular weight is 395 g/mol. The molecule has 1 aromatic rings. The maximum absolute atomic E-state index is 13.0. The van der Waals surface area contributed by atoms with E-state index in [1.165, 1.54) is 0 Å². The molecule has 0 bridgehead atoms. The Labute approximate surface area is 162 Å². The lowest BCUT2D eigenvalue weighted by Gasteiger charge is -2.40. The van der Waals surface area contributed by atoms with E-state index in [-0.39, 0.29) is 23.0 Å². The smallest absolute Gasteiger partial charge is 0.253 e. The predicted molar refractivity (Wildman–Crippen MR) is 106 cm³/mol. The summed E-state index contributed by atoms with van der Waals surface area (Å²) in [5, 5.41) is -0.367. The van der Waals surface area contributed by atoms with Gasteiger partial charge in [0.05, 0.1) is 18.1 Å². The van der Waals surface area contributed by atoms with Crippen LogP contribution >= 0.6 is 0 Å². The Bertz CT molecular complexity index is 778. The van der Waals surface area contributed by atoms with Gasteiger partial charge in [-0.1, -0.05) is 19.9 Å². The van der Waals surface area contributed by atoms with Gasteiger partial charge in [0.1, 0.15) is 5.75 Å². The monoisotopic (exact) mass is 394 g/mol. The van der Waals surface area contributed by atoms with Gasteiger partial charge in [-0.05, 0) is 37.0 Å². The second kappa shape index (κ2) is 8.19. The summed E-state index contributed by atoms with van der Waals surface area (Å²) in [6.07, 6.45) is 1.21. The highest BCUT2D eigenvalue weighted by Crippen LogP contribution is 2.29. The van der Waals surface area contributed by atoms with Crippen LogP contribution < -0.4 is 4.74 Å². The number of sulfone groups is 1. The third-order valence-corrected chi connectivity index (χ3v) is 7.83. The molecule has 1 aromatic carbocycles. The largest absolute Gasteiger partial charge is 0.497 e. The lowest BCUT2D eigenvalue weighted by atomic mass is 10.0. The highest BCUT2D eigenvalue weighted by Gasteiger charge is 2.43. The molecule has 0 saturated carbocycles. The van der Waals surface area contributed by atoms with E-state index >= 15 is 0 Å². The van der Waals surface area contributed by atoms with Gasteiger partial charge in [0.2, 0.25) is 0 Å². The van der Waals surface area contributed by atoms with Gasteiger partial charge in [0.25, 0.3) is 5.91 Å². The Balaban J connectivity index is 1.78. The van der Waals surface area contributed by atoms with Crippen molar-refractivity contribution < 1.29 is 17.9 Å². The zero-order valence-electron chi connectivity index (χ0n) is 16.4. The summed E-state index contributed by atoms with van der Waals surface area (Å²) >= 11 is 0. The number of fused-ring (bicyclic) bond motifs is 1. The molecular weight excluding hydrogens is 364 g/mol. The van der Waals surface area contributed by atoms with Crippen LogP contribution in [0.4, 0.5) is 0 Å². The van der Waals surface area contributed by atoms with Crippen LogP contribution in [0.3, 0.4) is 0 Å². The van der Waals surface area contributed by atoms with Crippen LogP contribution in [-0.2, 0) is 9.84 Å². The number of hydrogen-bond acceptors (Lipinski definition) is 5. The molecule has 1 amide bonds. The Morgan fingerprint density at radius 1 is 1.22 bits per heavy atom. The molecule has 27 heavy (non-hydrogen) atoms. The third kappa shape index (κ3) is 4.46. The summed E-state index contributed by atoms with van der Waals surface area (Å²) in [5.41, 5.74) is 0.584. The predicted octanol–water partition coefficient (Wildman–Crippen LogP) is 2.05. The number of carbonyl (C=O) groups is 1. The highest BCUT2D eigenvalue weighted by atomic mass is 32.2. The van der Waals surface area contributed by atoms with Crippen molar-refractivity contribution in [2.24, 2.45) is 5.92 Å². The molecule has 0 aliphatic carbocycles. The third-order valence-electron chi connectivity index (χ3n) is 5.60. The first kappa shape index (κ1) is 20.1. The van der Waals surface area contributed by atoms with Crippen LogP contribution in [0.1, 0.15) is 37.0 Å². The van der Waals surface area contributed by atoms with Gasteiger partial charge in [-0.15, -0.1) is 0 Å². The Hall–Kier alpha value is -1.60. The van der Waals surface area contributed by atoms with Crippen molar-refractivity contribution in [3.63, 3.8) is 0 Å². The van der Waals surface area contributed by atoms with Gasteiger partial charge in [0, 0.05) is 37.8 Å². The molecule has 2 heterocycles. The number of amides is 1. The summed E-state index contributed by atoms with van der Waals surface area (Å²) in [4.78, 5) is 17.1. The van der Waals surface area contributed by atoms with Crippen molar-refractivity contribution in [2.45, 2.75) is 38.0 Å². The number of ether oxygens (including phenoxy) is 1. The van der Waals surface area contributed by atoms with Crippen molar-refractivity contribution in [2.75, 3.05) is 39.0 Å². The fourth-order valence-corrected chi connectivity index (χ4v) is 6.34. The SMILES string of the molecule is COc1cccc(C(=O)N2CC[C@@H]3[C@H](CC2)N(CC(C)C)CCS3(=O)=O)c1. The minimum atomic E-state index is -3.10. The maximum atomic E-state index is 13.0. The van der Waals surface area contributed by atoms with Gasteiger partial charge in [-0.25, -0.2) is 8.42 Å². The van der Waals surface area contributed by atoms with E-state index in [1.54, 1.807) is 30.2 Å². The first-order chi connectivity index (χ1) is 12.8. The van der Waals surface area contributed by atoms with Crippen LogP contribution in [0.2, 0.25) is 0 Å². The number of rotatable bonds is 4. The number of methoxy groups -OCH3 is 1. The summed E-state index contributed by atoms with van der Waals surface area (Å²) < 4.78 is 30.6. The number of likely N-dealkylation sites (tertiary alicyclic amines) is 1. The van der Waals surface area contributed by atoms with Gasteiger partial charge < -0.3 is 9.64 Å². The van der Waals surface area contributed by atoms with Gasteiger partial charge >= 0.3 is 0 Å². The molecule has 0 unspecified atom stereocenters. The zero-order valence-corrected chi connectivity index (χ0v) is 17.2. The molecule has 0 radical (unpaired) electrons. The zero-order chi connectivity index (χ0) is 19.6. The van der Waals surface area contributed by atoms with Gasteiger partial charge in [-0.3, -0.25) is 9.69 Å². The number of hydrogen-bond donors (Lipinski definition) is 0. The first-order valence-corrected chi connectivity index (χ1v) is 11.4. The molecule has 0 aromatic heterocycles. The number of benzene rings is 1. The van der Waals surface area contributed by atoms with Crippen LogP contribution in [0.5, 0.6) is 5.75 Å². The van der Waals surface area contributed by atoms with Gasteiger partial charge in [-0.2, -0.15) is 0 Å². The average Bonchev–Trinajstić information content (AvgIpc) is 2.87. The van der Waals surface area contributed by atoms with Gasteiger partial charge in [0.15, 0.2) is 9.84 Å². The van der Waals surface area contributed by atoms with Crippen LogP contribution in [0.15, 0.2) is 24.3 Å². The van der Waals surface area contributed by atoms with Crippen LogP contribution in [0.25, 0.3) is 0 Å². The fourth-order valence-electron chi connectivity index (χ4n) is 4.30. The van der Waals surface area contributed by atoms with E-state index in [0.717, 1.165) is 6.54 Å². The lowest BCUT2D eigenvalue weighted by molar-refractivity contribution is 0.0755. The molecule has 3 rings (SSSR count). The molecule has 0 N–H and O–H groups in total. The summed E-state index contributed by atoms with van der Waals surface area (Å²) in [6, 6.07) is 7.14. The topological polar surface area (TPSA) is 66.9 Å². The molecule has 7 heteroatoms. The molecule has 6 nitrogen and oxygen atoms in total. The van der Waals surface area contributed by atoms with E-state index < -0.39 is 9.84 Å². The minimum Gasteiger partial charge on any atom is -0.497 e. The van der Waals surface area contributed by atoms with Crippen molar-refractivity contribution in [3.8, 4) is 5.75 Å². The minimum absolute atomic E-state index is 0.00857. The van der Waals surface area contributed by atoms with Crippen LogP contribution in [0, 0.1) is 5.92 Å². The van der Waals surface area contributed by atoms with Crippen LogP contribution in [-0.4, -0.2) is 74.5 Å². The maximum Gasteiger partial charge on any atom is 0.253 e. The van der Waals surface area contributed by atoms with Crippen molar-refractivity contribution in [1.29, 1.82) is 0 Å². The fraction of sp³-hybridized carbons (Fsp3) is 0.650. The van der Waals surface area contributed by atoms with E-state index in [9.17, 15) is 13.2 Å². The first-order valence-electron chi connectivity index (χ1n) is 9.71. The molecule has 150 valence electrons. The van der Waals surface area contributed by atoms with E-state index in [4.69, 9.17) is 4.74 Å².